The van der Waals surface area contributed by atoms with Crippen LogP contribution in [0, 0.1) is 0 Å². The van der Waals surface area contributed by atoms with Crippen molar-refractivity contribution < 1.29 is 9.90 Å². The highest BCUT2D eigenvalue weighted by atomic mass is 16.4. The summed E-state index contributed by atoms with van der Waals surface area (Å²) < 4.78 is 0. The molecule has 0 aliphatic rings. The maximum Gasteiger partial charge on any atom is 0.339 e. The second-order valence-corrected chi connectivity index (χ2v) is 3.14. The molecule has 0 saturated carbocycles. The minimum Gasteiger partial charge on any atom is -0.478 e. The molecule has 0 bridgehead atoms. The van der Waals surface area contributed by atoms with Gasteiger partial charge in [-0.2, -0.15) is 0 Å². The van der Waals surface area contributed by atoms with Crippen molar-refractivity contribution >= 4 is 11.8 Å². The molecule has 0 amide bonds. The molecule has 4 nitrogen and oxygen atoms in total. The maximum atomic E-state index is 10.6. The van der Waals surface area contributed by atoms with Gasteiger partial charge in [-0.3, -0.25) is 0 Å². The van der Waals surface area contributed by atoms with E-state index >= 15 is 0 Å². The number of carboxylic acids is 1. The largest absolute Gasteiger partial charge is 0.478 e. The Balaban J connectivity index is 2.83. The van der Waals surface area contributed by atoms with E-state index in [2.05, 4.69) is 11.9 Å². The molecule has 1 heterocycles. The third-order valence-corrected chi connectivity index (χ3v) is 2.00. The van der Waals surface area contributed by atoms with Crippen LogP contribution in [0.25, 0.3) is 0 Å². The van der Waals surface area contributed by atoms with Crippen LogP contribution in [-0.4, -0.2) is 16.1 Å². The zero-order valence-corrected chi connectivity index (χ0v) is 8.16. The molecule has 14 heavy (non-hydrogen) atoms. The van der Waals surface area contributed by atoms with Crippen molar-refractivity contribution in [2.75, 3.05) is 5.73 Å². The van der Waals surface area contributed by atoms with Crippen LogP contribution in [0.1, 0.15) is 35.8 Å². The summed E-state index contributed by atoms with van der Waals surface area (Å²) in [6.07, 6.45) is 2.97. The Labute approximate surface area is 82.8 Å². The van der Waals surface area contributed by atoms with Gasteiger partial charge in [0.05, 0.1) is 0 Å². The van der Waals surface area contributed by atoms with Crippen LogP contribution in [0.2, 0.25) is 0 Å². The van der Waals surface area contributed by atoms with E-state index in [1.54, 1.807) is 6.07 Å². The third-order valence-electron chi connectivity index (χ3n) is 2.00. The average molecular weight is 194 g/mol. The molecule has 1 aromatic rings. The highest BCUT2D eigenvalue weighted by Crippen LogP contribution is 2.11. The molecule has 0 radical (unpaired) electrons. The Morgan fingerprint density at radius 1 is 1.57 bits per heavy atom. The van der Waals surface area contributed by atoms with Crippen LogP contribution in [0.4, 0.5) is 5.82 Å². The molecule has 4 heteroatoms. The molecule has 76 valence electrons. The number of nitrogen functional groups attached to an aromatic ring is 1. The zero-order chi connectivity index (χ0) is 10.6. The number of carboxylic acid groups (broad SMARTS) is 1. The first kappa shape index (κ1) is 10.5. The van der Waals surface area contributed by atoms with Crippen LogP contribution in [0.15, 0.2) is 12.1 Å². The first-order chi connectivity index (χ1) is 6.65. The number of hydrogen-bond acceptors (Lipinski definition) is 3. The molecule has 0 aliphatic heterocycles. The van der Waals surface area contributed by atoms with Crippen molar-refractivity contribution in [1.82, 2.24) is 4.98 Å². The van der Waals surface area contributed by atoms with Gasteiger partial charge in [0.15, 0.2) is 0 Å². The van der Waals surface area contributed by atoms with Crippen molar-refractivity contribution in [3.05, 3.63) is 23.4 Å². The summed E-state index contributed by atoms with van der Waals surface area (Å²) in [4.78, 5) is 14.7. The van der Waals surface area contributed by atoms with Gasteiger partial charge in [-0.25, -0.2) is 9.78 Å². The van der Waals surface area contributed by atoms with Crippen molar-refractivity contribution in [2.45, 2.75) is 26.2 Å². The Bertz CT molecular complexity index is 337. The predicted octanol–water partition coefficient (Wildman–Crippen LogP) is 1.70. The van der Waals surface area contributed by atoms with Crippen LogP contribution < -0.4 is 5.73 Å². The molecule has 0 spiro atoms. The SMILES string of the molecule is CCCCc1ccc(C(=O)O)c(N)n1. The molecule has 3 N–H and O–H groups in total. The first-order valence-corrected chi connectivity index (χ1v) is 4.63. The fourth-order valence-corrected chi connectivity index (χ4v) is 1.20. The summed E-state index contributed by atoms with van der Waals surface area (Å²) >= 11 is 0. The Morgan fingerprint density at radius 2 is 2.29 bits per heavy atom. The summed E-state index contributed by atoms with van der Waals surface area (Å²) in [5, 5.41) is 8.71. The van der Waals surface area contributed by atoms with Gasteiger partial charge in [0, 0.05) is 5.69 Å². The molecule has 0 aliphatic carbocycles. The summed E-state index contributed by atoms with van der Waals surface area (Å²) in [5.41, 5.74) is 6.43. The van der Waals surface area contributed by atoms with E-state index < -0.39 is 5.97 Å². The van der Waals surface area contributed by atoms with Gasteiger partial charge in [0.2, 0.25) is 0 Å². The van der Waals surface area contributed by atoms with Crippen molar-refractivity contribution in [3.63, 3.8) is 0 Å². The number of nitrogens with two attached hydrogens (primary N) is 1. The summed E-state index contributed by atoms with van der Waals surface area (Å²) in [6, 6.07) is 3.23. The zero-order valence-electron chi connectivity index (χ0n) is 8.16. The molecule has 0 atom stereocenters. The van der Waals surface area contributed by atoms with E-state index in [0.717, 1.165) is 25.0 Å². The Kier molecular flexibility index (Phi) is 3.45. The second-order valence-electron chi connectivity index (χ2n) is 3.14. The molecular weight excluding hydrogens is 180 g/mol. The highest BCUT2D eigenvalue weighted by Gasteiger charge is 2.08. The third kappa shape index (κ3) is 2.45. The summed E-state index contributed by atoms with van der Waals surface area (Å²) in [5.74, 6) is -0.928. The number of anilines is 1. The molecule has 0 aromatic carbocycles. The lowest BCUT2D eigenvalue weighted by molar-refractivity contribution is 0.0697. The van der Waals surface area contributed by atoms with Crippen molar-refractivity contribution in [2.24, 2.45) is 0 Å². The minimum atomic E-state index is -1.03. The number of aromatic carboxylic acids is 1. The lowest BCUT2D eigenvalue weighted by Crippen LogP contribution is -2.06. The van der Waals surface area contributed by atoms with E-state index in [0.29, 0.717) is 0 Å². The maximum absolute atomic E-state index is 10.6. The van der Waals surface area contributed by atoms with Crippen LogP contribution in [-0.2, 0) is 6.42 Å². The molecular formula is C10H14N2O2. The van der Waals surface area contributed by atoms with E-state index in [1.807, 2.05) is 0 Å². The van der Waals surface area contributed by atoms with Gasteiger partial charge in [0.25, 0.3) is 0 Å². The van der Waals surface area contributed by atoms with Gasteiger partial charge in [-0.05, 0) is 25.0 Å². The number of rotatable bonds is 4. The molecule has 0 fully saturated rings. The lowest BCUT2D eigenvalue weighted by Gasteiger charge is -2.03. The monoisotopic (exact) mass is 194 g/mol. The van der Waals surface area contributed by atoms with E-state index in [9.17, 15) is 4.79 Å². The van der Waals surface area contributed by atoms with Crippen LogP contribution in [0.3, 0.4) is 0 Å². The number of hydrogen-bond donors (Lipinski definition) is 2. The van der Waals surface area contributed by atoms with Crippen LogP contribution in [0.5, 0.6) is 0 Å². The number of unbranched alkanes of at least 4 members (excludes halogenated alkanes) is 1. The minimum absolute atomic E-state index is 0.0743. The molecule has 0 unspecified atom stereocenters. The number of nitrogens with zero attached hydrogens (tertiary/aromatic N) is 1. The lowest BCUT2D eigenvalue weighted by atomic mass is 10.1. The van der Waals surface area contributed by atoms with Gasteiger partial charge in [-0.1, -0.05) is 13.3 Å². The summed E-state index contributed by atoms with van der Waals surface area (Å²) in [7, 11) is 0. The second kappa shape index (κ2) is 4.60. The van der Waals surface area contributed by atoms with Crippen molar-refractivity contribution in [1.29, 1.82) is 0 Å². The topological polar surface area (TPSA) is 76.2 Å². The standard InChI is InChI=1S/C10H14N2O2/c1-2-3-4-7-5-6-8(10(13)14)9(11)12-7/h5-6H,2-4H2,1H3,(H2,11,12)(H,13,14). The van der Waals surface area contributed by atoms with E-state index in [-0.39, 0.29) is 11.4 Å². The van der Waals surface area contributed by atoms with Gasteiger partial charge >= 0.3 is 5.97 Å². The van der Waals surface area contributed by atoms with E-state index in [1.165, 1.54) is 6.07 Å². The highest BCUT2D eigenvalue weighted by molar-refractivity contribution is 5.92. The average Bonchev–Trinajstić information content (AvgIpc) is 2.14. The van der Waals surface area contributed by atoms with Gasteiger partial charge in [0.1, 0.15) is 11.4 Å². The Hall–Kier alpha value is -1.58. The molecule has 1 aromatic heterocycles. The van der Waals surface area contributed by atoms with Gasteiger partial charge < -0.3 is 10.8 Å². The predicted molar refractivity (Wildman–Crippen MR) is 54.2 cm³/mol. The quantitative estimate of drug-likeness (QED) is 0.764. The van der Waals surface area contributed by atoms with E-state index in [4.69, 9.17) is 10.8 Å². The van der Waals surface area contributed by atoms with Crippen molar-refractivity contribution in [3.8, 4) is 0 Å². The number of pyridine rings is 1. The van der Waals surface area contributed by atoms with Crippen LogP contribution >= 0.6 is 0 Å². The molecule has 0 saturated heterocycles. The molecule has 1 rings (SSSR count). The fraction of sp³-hybridized carbons (Fsp3) is 0.400. The Morgan fingerprint density at radius 3 is 2.79 bits per heavy atom. The fourth-order valence-electron chi connectivity index (χ4n) is 1.20. The number of carbonyl (C=O) groups is 1. The number of aromatic nitrogens is 1. The number of aryl methyl sites for hydroxylation is 1. The first-order valence-electron chi connectivity index (χ1n) is 4.63. The smallest absolute Gasteiger partial charge is 0.339 e. The normalized spacial score (nSPS) is 10.1. The summed E-state index contributed by atoms with van der Waals surface area (Å²) in [6.45, 7) is 2.09. The van der Waals surface area contributed by atoms with Gasteiger partial charge in [-0.15, -0.1) is 0 Å².